The number of halogens is 3. The lowest BCUT2D eigenvalue weighted by Crippen LogP contribution is -2.14. The molecular weight excluding hydrogens is 393 g/mol. The summed E-state index contributed by atoms with van der Waals surface area (Å²) < 4.78 is 40.3. The number of amides is 1. The van der Waals surface area contributed by atoms with Gasteiger partial charge >= 0.3 is 6.18 Å². The SMILES string of the molecule is Cc1csc(NC(=O)c2cc(-c3cncc(C(F)(F)F)c3)cn3ncnc23)n1. The quantitative estimate of drug-likeness (QED) is 0.561. The highest BCUT2D eigenvalue weighted by Crippen LogP contribution is 2.32. The third kappa shape index (κ3) is 3.43. The van der Waals surface area contributed by atoms with Crippen LogP contribution in [0.4, 0.5) is 18.3 Å². The first-order valence-electron chi connectivity index (χ1n) is 7.91. The minimum atomic E-state index is -4.52. The molecule has 1 N–H and O–H groups in total. The van der Waals surface area contributed by atoms with E-state index in [9.17, 15) is 18.0 Å². The van der Waals surface area contributed by atoms with E-state index in [1.807, 2.05) is 0 Å². The molecule has 0 aliphatic carbocycles. The Bertz CT molecular complexity index is 1180. The van der Waals surface area contributed by atoms with E-state index in [4.69, 9.17) is 0 Å². The fourth-order valence-electron chi connectivity index (χ4n) is 2.58. The Morgan fingerprint density at radius 1 is 1.21 bits per heavy atom. The summed E-state index contributed by atoms with van der Waals surface area (Å²) in [6.45, 7) is 1.80. The Balaban J connectivity index is 1.78. The average Bonchev–Trinajstić information content (AvgIpc) is 3.28. The predicted molar refractivity (Wildman–Crippen MR) is 96.0 cm³/mol. The van der Waals surface area contributed by atoms with Crippen molar-refractivity contribution in [2.24, 2.45) is 0 Å². The van der Waals surface area contributed by atoms with Crippen LogP contribution in [0.5, 0.6) is 0 Å². The number of fused-ring (bicyclic) bond motifs is 1. The van der Waals surface area contributed by atoms with Crippen LogP contribution in [0.15, 0.2) is 42.4 Å². The summed E-state index contributed by atoms with van der Waals surface area (Å²) >= 11 is 1.26. The van der Waals surface area contributed by atoms with E-state index in [2.05, 4.69) is 25.4 Å². The van der Waals surface area contributed by atoms with E-state index in [1.54, 1.807) is 12.3 Å². The van der Waals surface area contributed by atoms with Crippen LogP contribution >= 0.6 is 11.3 Å². The van der Waals surface area contributed by atoms with Crippen LogP contribution in [0.1, 0.15) is 21.6 Å². The first-order valence-corrected chi connectivity index (χ1v) is 8.79. The summed E-state index contributed by atoms with van der Waals surface area (Å²) in [6, 6.07) is 2.42. The van der Waals surface area contributed by atoms with Gasteiger partial charge in [0.1, 0.15) is 6.33 Å². The van der Waals surface area contributed by atoms with E-state index in [-0.39, 0.29) is 16.8 Å². The molecule has 11 heteroatoms. The normalized spacial score (nSPS) is 11.7. The number of thiazole rings is 1. The maximum Gasteiger partial charge on any atom is 0.417 e. The molecule has 0 saturated carbocycles. The van der Waals surface area contributed by atoms with Gasteiger partial charge in [-0.05, 0) is 19.1 Å². The van der Waals surface area contributed by atoms with E-state index < -0.39 is 17.6 Å². The predicted octanol–water partition coefficient (Wildman–Crippen LogP) is 3.83. The van der Waals surface area contributed by atoms with Crippen molar-refractivity contribution in [2.75, 3.05) is 5.32 Å². The summed E-state index contributed by atoms with van der Waals surface area (Å²) in [5, 5.41) is 8.86. The highest BCUT2D eigenvalue weighted by Gasteiger charge is 2.31. The topological polar surface area (TPSA) is 85.1 Å². The fourth-order valence-corrected chi connectivity index (χ4v) is 3.26. The Kier molecular flexibility index (Phi) is 4.30. The van der Waals surface area contributed by atoms with Gasteiger partial charge in [0, 0.05) is 35.1 Å². The molecule has 0 aliphatic heterocycles. The molecule has 0 aliphatic rings. The van der Waals surface area contributed by atoms with Crippen molar-refractivity contribution >= 4 is 28.0 Å². The second-order valence-electron chi connectivity index (χ2n) is 5.88. The zero-order chi connectivity index (χ0) is 19.9. The molecule has 0 spiro atoms. The Hall–Kier alpha value is -3.34. The van der Waals surface area contributed by atoms with Crippen molar-refractivity contribution < 1.29 is 18.0 Å². The lowest BCUT2D eigenvalue weighted by atomic mass is 10.1. The van der Waals surface area contributed by atoms with E-state index in [1.165, 1.54) is 40.6 Å². The molecule has 4 aromatic rings. The number of nitrogens with zero attached hydrogens (tertiary/aromatic N) is 5. The number of carbonyl (C=O) groups is 1. The van der Waals surface area contributed by atoms with Crippen LogP contribution in [0, 0.1) is 6.92 Å². The van der Waals surface area contributed by atoms with Crippen molar-refractivity contribution in [3.05, 3.63) is 59.3 Å². The molecule has 4 rings (SSSR count). The van der Waals surface area contributed by atoms with Crippen molar-refractivity contribution in [1.29, 1.82) is 0 Å². The second-order valence-corrected chi connectivity index (χ2v) is 6.74. The molecule has 0 radical (unpaired) electrons. The monoisotopic (exact) mass is 404 g/mol. The third-order valence-corrected chi connectivity index (χ3v) is 4.73. The first-order chi connectivity index (χ1) is 13.3. The summed E-state index contributed by atoms with van der Waals surface area (Å²) in [5.74, 6) is -0.492. The highest BCUT2D eigenvalue weighted by atomic mass is 32.1. The summed E-state index contributed by atoms with van der Waals surface area (Å²) in [5.41, 5.74) is 0.850. The number of carbonyl (C=O) groups excluding carboxylic acids is 1. The third-order valence-electron chi connectivity index (χ3n) is 3.86. The maximum atomic E-state index is 13.0. The fraction of sp³-hybridized carbons (Fsp3) is 0.118. The standard InChI is InChI=1S/C17H11F3N6OS/c1-9-7-28-16(24-9)25-15(27)13-3-11(6-26-14(13)22-8-23-26)10-2-12(5-21-4-10)17(18,19)20/h2-8H,1H3,(H,24,25,27). The number of anilines is 1. The van der Waals surface area contributed by atoms with Crippen LogP contribution in [-0.2, 0) is 6.18 Å². The highest BCUT2D eigenvalue weighted by molar-refractivity contribution is 7.13. The van der Waals surface area contributed by atoms with E-state index >= 15 is 0 Å². The average molecular weight is 404 g/mol. The van der Waals surface area contributed by atoms with Crippen molar-refractivity contribution in [3.8, 4) is 11.1 Å². The Morgan fingerprint density at radius 2 is 2.04 bits per heavy atom. The maximum absolute atomic E-state index is 13.0. The van der Waals surface area contributed by atoms with Gasteiger partial charge in [-0.2, -0.15) is 18.3 Å². The number of hydrogen-bond donors (Lipinski definition) is 1. The molecule has 0 bridgehead atoms. The molecule has 4 heterocycles. The molecule has 28 heavy (non-hydrogen) atoms. The Morgan fingerprint density at radius 3 is 2.75 bits per heavy atom. The lowest BCUT2D eigenvalue weighted by Gasteiger charge is -2.10. The number of pyridine rings is 2. The molecule has 4 aromatic heterocycles. The van der Waals surface area contributed by atoms with Gasteiger partial charge in [0.15, 0.2) is 10.8 Å². The van der Waals surface area contributed by atoms with Crippen molar-refractivity contribution in [3.63, 3.8) is 0 Å². The van der Waals surface area contributed by atoms with Crippen LogP contribution in [0.2, 0.25) is 0 Å². The molecule has 0 fully saturated rings. The molecular formula is C17H11F3N6OS. The van der Waals surface area contributed by atoms with Gasteiger partial charge < -0.3 is 0 Å². The minimum absolute atomic E-state index is 0.153. The van der Waals surface area contributed by atoms with Crippen LogP contribution < -0.4 is 5.32 Å². The van der Waals surface area contributed by atoms with E-state index in [0.717, 1.165) is 18.0 Å². The molecule has 0 saturated heterocycles. The van der Waals surface area contributed by atoms with Gasteiger partial charge in [-0.3, -0.25) is 15.1 Å². The largest absolute Gasteiger partial charge is 0.417 e. The second kappa shape index (κ2) is 6.68. The van der Waals surface area contributed by atoms with Gasteiger partial charge in [-0.25, -0.2) is 14.5 Å². The van der Waals surface area contributed by atoms with Gasteiger partial charge in [0.25, 0.3) is 5.91 Å². The number of aromatic nitrogens is 5. The molecule has 1 amide bonds. The smallest absolute Gasteiger partial charge is 0.298 e. The minimum Gasteiger partial charge on any atom is -0.298 e. The van der Waals surface area contributed by atoms with Crippen LogP contribution in [-0.4, -0.2) is 30.5 Å². The van der Waals surface area contributed by atoms with Crippen molar-refractivity contribution in [1.82, 2.24) is 24.6 Å². The molecule has 0 unspecified atom stereocenters. The first kappa shape index (κ1) is 18.0. The van der Waals surface area contributed by atoms with Crippen molar-refractivity contribution in [2.45, 2.75) is 13.1 Å². The molecule has 142 valence electrons. The number of hydrogen-bond acceptors (Lipinski definition) is 6. The molecule has 0 aromatic carbocycles. The van der Waals surface area contributed by atoms with E-state index in [0.29, 0.717) is 10.7 Å². The van der Waals surface area contributed by atoms with Gasteiger partial charge in [0.05, 0.1) is 16.8 Å². The van der Waals surface area contributed by atoms with Crippen LogP contribution in [0.3, 0.4) is 0 Å². The zero-order valence-electron chi connectivity index (χ0n) is 14.2. The number of alkyl halides is 3. The molecule has 7 nitrogen and oxygen atoms in total. The summed E-state index contributed by atoms with van der Waals surface area (Å²) in [6.07, 6.45) is 0.260. The number of rotatable bonds is 3. The number of aryl methyl sites for hydroxylation is 1. The van der Waals surface area contributed by atoms with Gasteiger partial charge in [-0.1, -0.05) is 0 Å². The Labute approximate surface area is 159 Å². The summed E-state index contributed by atoms with van der Waals surface area (Å²) in [4.78, 5) is 24.6. The zero-order valence-corrected chi connectivity index (χ0v) is 15.0. The summed E-state index contributed by atoms with van der Waals surface area (Å²) in [7, 11) is 0. The van der Waals surface area contributed by atoms with Crippen LogP contribution in [0.25, 0.3) is 16.8 Å². The number of nitrogens with one attached hydrogen (secondary N) is 1. The van der Waals surface area contributed by atoms with Gasteiger partial charge in [-0.15, -0.1) is 11.3 Å². The lowest BCUT2D eigenvalue weighted by molar-refractivity contribution is -0.137. The van der Waals surface area contributed by atoms with Gasteiger partial charge in [0.2, 0.25) is 0 Å². The molecule has 0 atom stereocenters.